The van der Waals surface area contributed by atoms with Gasteiger partial charge in [0.1, 0.15) is 5.82 Å². The second-order valence-corrected chi connectivity index (χ2v) is 5.47. The fourth-order valence-corrected chi connectivity index (χ4v) is 3.03. The third-order valence-electron chi connectivity index (χ3n) is 4.08. The number of carboxylic acids is 1. The molecule has 0 spiro atoms. The van der Waals surface area contributed by atoms with Crippen molar-refractivity contribution in [1.82, 2.24) is 10.2 Å². The zero-order valence-electron chi connectivity index (χ0n) is 12.1. The predicted molar refractivity (Wildman–Crippen MR) is 78.0 cm³/mol. The van der Waals surface area contributed by atoms with Crippen LogP contribution in [0.15, 0.2) is 35.7 Å². The van der Waals surface area contributed by atoms with Crippen molar-refractivity contribution in [2.75, 3.05) is 13.1 Å². The van der Waals surface area contributed by atoms with Crippen molar-refractivity contribution < 1.29 is 19.5 Å². The summed E-state index contributed by atoms with van der Waals surface area (Å²) >= 11 is 0. The molecule has 2 aliphatic rings. The molecule has 1 aromatic rings. The van der Waals surface area contributed by atoms with Crippen LogP contribution in [0.3, 0.4) is 0 Å². The first-order valence-corrected chi connectivity index (χ1v) is 7.12. The van der Waals surface area contributed by atoms with Crippen LogP contribution in [0.5, 0.6) is 0 Å². The zero-order valence-corrected chi connectivity index (χ0v) is 12.1. The van der Waals surface area contributed by atoms with Crippen LogP contribution in [0.4, 0.5) is 0 Å². The molecule has 1 saturated heterocycles. The van der Waals surface area contributed by atoms with Crippen molar-refractivity contribution in [2.45, 2.75) is 13.3 Å². The molecule has 114 valence electrons. The first-order chi connectivity index (χ1) is 10.5. The molecule has 3 rings (SSSR count). The van der Waals surface area contributed by atoms with Gasteiger partial charge in [0.25, 0.3) is 0 Å². The minimum atomic E-state index is -1.09. The Balaban J connectivity index is 2.06. The molecule has 2 N–H and O–H groups in total. The lowest BCUT2D eigenvalue weighted by atomic mass is 9.89. The van der Waals surface area contributed by atoms with E-state index in [-0.39, 0.29) is 23.7 Å². The maximum Gasteiger partial charge on any atom is 0.304 e. The third kappa shape index (κ3) is 2.16. The summed E-state index contributed by atoms with van der Waals surface area (Å²) in [5, 5.41) is 12.1. The van der Waals surface area contributed by atoms with E-state index in [9.17, 15) is 14.4 Å². The Morgan fingerprint density at radius 3 is 2.77 bits per heavy atom. The van der Waals surface area contributed by atoms with Crippen molar-refractivity contribution in [3.05, 3.63) is 46.8 Å². The average molecular weight is 300 g/mol. The van der Waals surface area contributed by atoms with E-state index in [1.165, 1.54) is 4.90 Å². The second kappa shape index (κ2) is 5.29. The van der Waals surface area contributed by atoms with E-state index in [0.29, 0.717) is 24.5 Å². The van der Waals surface area contributed by atoms with Gasteiger partial charge in [0.15, 0.2) is 5.78 Å². The van der Waals surface area contributed by atoms with Gasteiger partial charge in [-0.3, -0.25) is 19.3 Å². The fraction of sp³-hybridized carbons (Fsp3) is 0.312. The van der Waals surface area contributed by atoms with Crippen molar-refractivity contribution in [2.24, 2.45) is 5.92 Å². The van der Waals surface area contributed by atoms with Gasteiger partial charge in [-0.05, 0) is 12.5 Å². The van der Waals surface area contributed by atoms with Crippen LogP contribution in [0.1, 0.15) is 22.3 Å². The molecular formula is C16H16N2O4. The van der Waals surface area contributed by atoms with E-state index in [1.54, 1.807) is 12.1 Å². The summed E-state index contributed by atoms with van der Waals surface area (Å²) < 4.78 is 0. The molecule has 1 amide bonds. The summed E-state index contributed by atoms with van der Waals surface area (Å²) in [7, 11) is 0. The Bertz CT molecular complexity index is 708. The van der Waals surface area contributed by atoms with Crippen LogP contribution in [0.25, 0.3) is 0 Å². The summed E-state index contributed by atoms with van der Waals surface area (Å²) in [6.07, 6.45) is -0.368. The third-order valence-corrected chi connectivity index (χ3v) is 4.08. The number of aryl methyl sites for hydroxylation is 1. The summed E-state index contributed by atoms with van der Waals surface area (Å²) in [6, 6.07) is 7.11. The Hall–Kier alpha value is -2.63. The molecule has 6 nitrogen and oxygen atoms in total. The van der Waals surface area contributed by atoms with Gasteiger partial charge < -0.3 is 10.4 Å². The molecule has 0 aliphatic carbocycles. The van der Waals surface area contributed by atoms with Crippen LogP contribution in [-0.4, -0.2) is 40.8 Å². The SMILES string of the molecule is Cc1ccccc1C(=O)C1=C2NCCN2C(=O)[C@H]1CC(=O)O. The number of amides is 1. The number of hydrogen-bond donors (Lipinski definition) is 2. The lowest BCUT2D eigenvalue weighted by Gasteiger charge is -2.12. The van der Waals surface area contributed by atoms with E-state index < -0.39 is 11.9 Å². The van der Waals surface area contributed by atoms with Gasteiger partial charge in [-0.25, -0.2) is 0 Å². The van der Waals surface area contributed by atoms with E-state index in [2.05, 4.69) is 5.32 Å². The largest absolute Gasteiger partial charge is 0.481 e. The van der Waals surface area contributed by atoms with Crippen LogP contribution >= 0.6 is 0 Å². The maximum absolute atomic E-state index is 12.9. The Kier molecular flexibility index (Phi) is 3.44. The molecule has 0 radical (unpaired) electrons. The van der Waals surface area contributed by atoms with E-state index in [0.717, 1.165) is 5.56 Å². The molecule has 6 heteroatoms. The molecule has 1 aromatic carbocycles. The van der Waals surface area contributed by atoms with Gasteiger partial charge in [-0.2, -0.15) is 0 Å². The number of rotatable bonds is 4. The Morgan fingerprint density at radius 1 is 1.36 bits per heavy atom. The average Bonchev–Trinajstić information content (AvgIpc) is 3.02. The number of nitrogens with one attached hydrogen (secondary N) is 1. The number of fused-ring (bicyclic) bond motifs is 1. The van der Waals surface area contributed by atoms with Gasteiger partial charge >= 0.3 is 5.97 Å². The second-order valence-electron chi connectivity index (χ2n) is 5.47. The maximum atomic E-state index is 12.9. The summed E-state index contributed by atoms with van der Waals surface area (Å²) in [5.41, 5.74) is 1.58. The number of Topliss-reactive ketones (excluding diaryl/α,β-unsaturated/α-hetero) is 1. The first-order valence-electron chi connectivity index (χ1n) is 7.12. The van der Waals surface area contributed by atoms with Crippen molar-refractivity contribution in [1.29, 1.82) is 0 Å². The number of aliphatic carboxylic acids is 1. The number of carbonyl (C=O) groups excluding carboxylic acids is 2. The highest BCUT2D eigenvalue weighted by Gasteiger charge is 2.45. The zero-order chi connectivity index (χ0) is 15.9. The Labute approximate surface area is 127 Å². The molecular weight excluding hydrogens is 284 g/mol. The quantitative estimate of drug-likeness (QED) is 0.808. The van der Waals surface area contributed by atoms with Crippen molar-refractivity contribution in [3.63, 3.8) is 0 Å². The number of benzene rings is 1. The van der Waals surface area contributed by atoms with Gasteiger partial charge in [-0.1, -0.05) is 24.3 Å². The molecule has 0 aromatic heterocycles. The lowest BCUT2D eigenvalue weighted by molar-refractivity contribution is -0.141. The molecule has 1 fully saturated rings. The van der Waals surface area contributed by atoms with Gasteiger partial charge in [0, 0.05) is 18.7 Å². The normalized spacial score (nSPS) is 20.1. The molecule has 0 bridgehead atoms. The summed E-state index contributed by atoms with van der Waals surface area (Å²) in [6.45, 7) is 2.86. The standard InChI is InChI=1S/C16H16N2O4/c1-9-4-2-3-5-10(9)14(21)13-11(8-12(19)20)16(22)18-7-6-17-15(13)18/h2-5,11,17H,6-8H2,1H3,(H,19,20)/t11-/m0/s1. The topological polar surface area (TPSA) is 86.7 Å². The number of carbonyl (C=O) groups is 3. The van der Waals surface area contributed by atoms with Gasteiger partial charge in [0.05, 0.1) is 17.9 Å². The summed E-state index contributed by atoms with van der Waals surface area (Å²) in [5.74, 6) is -2.10. The highest BCUT2D eigenvalue weighted by molar-refractivity contribution is 6.15. The van der Waals surface area contributed by atoms with Crippen LogP contribution in [0.2, 0.25) is 0 Å². The van der Waals surface area contributed by atoms with E-state index in [4.69, 9.17) is 5.11 Å². The van der Waals surface area contributed by atoms with E-state index >= 15 is 0 Å². The number of ketones is 1. The predicted octanol–water partition coefficient (Wildman–Crippen LogP) is 0.926. The minimum Gasteiger partial charge on any atom is -0.481 e. The van der Waals surface area contributed by atoms with Crippen LogP contribution < -0.4 is 5.32 Å². The minimum absolute atomic E-state index is 0.274. The number of nitrogens with zero attached hydrogens (tertiary/aromatic N) is 1. The summed E-state index contributed by atoms with van der Waals surface area (Å²) in [4.78, 5) is 37.8. The number of hydrogen-bond acceptors (Lipinski definition) is 4. The highest BCUT2D eigenvalue weighted by atomic mass is 16.4. The molecule has 0 unspecified atom stereocenters. The van der Waals surface area contributed by atoms with E-state index in [1.807, 2.05) is 19.1 Å². The highest BCUT2D eigenvalue weighted by Crippen LogP contribution is 2.35. The lowest BCUT2D eigenvalue weighted by Crippen LogP contribution is -2.29. The first kappa shape index (κ1) is 14.3. The van der Waals surface area contributed by atoms with Crippen LogP contribution in [0, 0.1) is 12.8 Å². The van der Waals surface area contributed by atoms with Crippen molar-refractivity contribution >= 4 is 17.7 Å². The molecule has 1 atom stereocenters. The monoisotopic (exact) mass is 300 g/mol. The number of carboxylic acid groups (broad SMARTS) is 1. The smallest absolute Gasteiger partial charge is 0.304 e. The van der Waals surface area contributed by atoms with Crippen LogP contribution in [-0.2, 0) is 9.59 Å². The Morgan fingerprint density at radius 2 is 2.09 bits per heavy atom. The molecule has 22 heavy (non-hydrogen) atoms. The molecule has 2 heterocycles. The van der Waals surface area contributed by atoms with Gasteiger partial charge in [-0.15, -0.1) is 0 Å². The fourth-order valence-electron chi connectivity index (χ4n) is 3.03. The van der Waals surface area contributed by atoms with Gasteiger partial charge in [0.2, 0.25) is 5.91 Å². The molecule has 2 aliphatic heterocycles. The van der Waals surface area contributed by atoms with Crippen molar-refractivity contribution in [3.8, 4) is 0 Å². The molecule has 0 saturated carbocycles.